The van der Waals surface area contributed by atoms with Gasteiger partial charge in [-0.3, -0.25) is 9.00 Å². The van der Waals surface area contributed by atoms with Gasteiger partial charge in [0.15, 0.2) is 0 Å². The van der Waals surface area contributed by atoms with Crippen molar-refractivity contribution >= 4 is 16.8 Å². The van der Waals surface area contributed by atoms with Crippen LogP contribution in [0.2, 0.25) is 0 Å². The zero-order chi connectivity index (χ0) is 12.7. The van der Waals surface area contributed by atoms with Crippen molar-refractivity contribution in [1.82, 2.24) is 0 Å². The highest BCUT2D eigenvalue weighted by Gasteiger charge is 2.45. The molecule has 1 fully saturated rings. The van der Waals surface area contributed by atoms with E-state index in [1.165, 1.54) is 7.11 Å². The van der Waals surface area contributed by atoms with Crippen molar-refractivity contribution in [2.24, 2.45) is 5.41 Å². The third-order valence-electron chi connectivity index (χ3n) is 3.08. The number of hydrogen-bond acceptors (Lipinski definition) is 4. The smallest absolute Gasteiger partial charge is 0.306 e. The Morgan fingerprint density at radius 3 is 2.71 bits per heavy atom. The van der Waals surface area contributed by atoms with Gasteiger partial charge in [0.1, 0.15) is 0 Å². The molecule has 4 nitrogen and oxygen atoms in total. The monoisotopic (exact) mass is 257 g/mol. The fourth-order valence-corrected chi connectivity index (χ4v) is 3.55. The van der Waals surface area contributed by atoms with E-state index in [1.807, 2.05) is 0 Å². The molecule has 0 aromatic carbocycles. The minimum atomic E-state index is -0.866. The maximum atomic E-state index is 11.8. The molecule has 0 aromatic rings. The standard InChI is InChI=1S/C12H19NO3S/c1-16-11(14)9-12(5-6-12)10-17(15)8-4-2-3-7-13/h2-6,8-10H2,1H3. The highest BCUT2D eigenvalue weighted by atomic mass is 32.2. The van der Waals surface area contributed by atoms with Crippen LogP contribution in [0.3, 0.4) is 0 Å². The Kier molecular flexibility index (Phi) is 5.63. The van der Waals surface area contributed by atoms with E-state index in [0.29, 0.717) is 24.3 Å². The molecule has 5 heteroatoms. The number of esters is 1. The lowest BCUT2D eigenvalue weighted by Gasteiger charge is -2.12. The Labute approximate surface area is 105 Å². The molecule has 1 atom stereocenters. The van der Waals surface area contributed by atoms with Crippen molar-refractivity contribution < 1.29 is 13.7 Å². The van der Waals surface area contributed by atoms with Gasteiger partial charge in [0.05, 0.1) is 19.6 Å². The summed E-state index contributed by atoms with van der Waals surface area (Å²) in [6, 6.07) is 2.08. The summed E-state index contributed by atoms with van der Waals surface area (Å²) in [5, 5.41) is 8.38. The SMILES string of the molecule is COC(=O)CC1(CS(=O)CCCCC#N)CC1. The van der Waals surface area contributed by atoms with Gasteiger partial charge in [-0.15, -0.1) is 0 Å². The molecule has 0 spiro atoms. The second-order valence-corrected chi connectivity index (χ2v) is 6.23. The zero-order valence-electron chi connectivity index (χ0n) is 10.2. The number of methoxy groups -OCH3 is 1. The molecule has 1 unspecified atom stereocenters. The molecule has 1 rings (SSSR count). The lowest BCUT2D eigenvalue weighted by atomic mass is 10.1. The zero-order valence-corrected chi connectivity index (χ0v) is 11.1. The summed E-state index contributed by atoms with van der Waals surface area (Å²) in [5.41, 5.74) is -0.0484. The molecule has 96 valence electrons. The van der Waals surface area contributed by atoms with Crippen molar-refractivity contribution in [2.75, 3.05) is 18.6 Å². The molecule has 17 heavy (non-hydrogen) atoms. The van der Waals surface area contributed by atoms with Crippen LogP contribution in [0.15, 0.2) is 0 Å². The first-order valence-corrected chi connectivity index (χ1v) is 7.39. The first kappa shape index (κ1) is 14.2. The van der Waals surface area contributed by atoms with Crippen LogP contribution >= 0.6 is 0 Å². The molecule has 1 aliphatic carbocycles. The van der Waals surface area contributed by atoms with Crippen molar-refractivity contribution in [1.29, 1.82) is 5.26 Å². The van der Waals surface area contributed by atoms with E-state index >= 15 is 0 Å². The van der Waals surface area contributed by atoms with Crippen molar-refractivity contribution in [3.8, 4) is 6.07 Å². The predicted molar refractivity (Wildman–Crippen MR) is 65.6 cm³/mol. The molecule has 0 radical (unpaired) electrons. The number of hydrogen-bond donors (Lipinski definition) is 0. The van der Waals surface area contributed by atoms with E-state index in [2.05, 4.69) is 10.8 Å². The van der Waals surface area contributed by atoms with Gasteiger partial charge in [0, 0.05) is 28.7 Å². The van der Waals surface area contributed by atoms with E-state index in [0.717, 1.165) is 25.7 Å². The van der Waals surface area contributed by atoms with Crippen LogP contribution in [0.25, 0.3) is 0 Å². The van der Waals surface area contributed by atoms with E-state index in [-0.39, 0.29) is 11.4 Å². The molecular weight excluding hydrogens is 238 g/mol. The van der Waals surface area contributed by atoms with Gasteiger partial charge >= 0.3 is 5.97 Å². The molecule has 0 N–H and O–H groups in total. The van der Waals surface area contributed by atoms with Gasteiger partial charge < -0.3 is 4.74 Å². The number of unbranched alkanes of at least 4 members (excludes halogenated alkanes) is 2. The molecule has 1 aliphatic rings. The lowest BCUT2D eigenvalue weighted by Crippen LogP contribution is -2.19. The second kappa shape index (κ2) is 6.75. The highest BCUT2D eigenvalue weighted by Crippen LogP contribution is 2.49. The van der Waals surface area contributed by atoms with E-state index in [4.69, 9.17) is 5.26 Å². The normalized spacial score (nSPS) is 18.1. The highest BCUT2D eigenvalue weighted by molar-refractivity contribution is 7.85. The van der Waals surface area contributed by atoms with Crippen LogP contribution in [-0.4, -0.2) is 28.8 Å². The Hall–Kier alpha value is -0.890. The van der Waals surface area contributed by atoms with Crippen LogP contribution in [0.5, 0.6) is 0 Å². The number of carbonyl (C=O) groups excluding carboxylic acids is 1. The van der Waals surface area contributed by atoms with Crippen LogP contribution in [0, 0.1) is 16.7 Å². The summed E-state index contributed by atoms with van der Waals surface area (Å²) >= 11 is 0. The molecule has 0 aliphatic heterocycles. The van der Waals surface area contributed by atoms with Crippen molar-refractivity contribution in [3.63, 3.8) is 0 Å². The number of rotatable bonds is 8. The third kappa shape index (κ3) is 5.31. The number of nitriles is 1. The summed E-state index contributed by atoms with van der Waals surface area (Å²) in [6.07, 6.45) is 4.52. The van der Waals surface area contributed by atoms with Gasteiger partial charge in [-0.05, 0) is 31.1 Å². The third-order valence-corrected chi connectivity index (χ3v) is 4.76. The maximum absolute atomic E-state index is 11.8. The first-order chi connectivity index (χ1) is 8.12. The van der Waals surface area contributed by atoms with Crippen LogP contribution in [0.1, 0.15) is 38.5 Å². The summed E-state index contributed by atoms with van der Waals surface area (Å²) < 4.78 is 16.5. The summed E-state index contributed by atoms with van der Waals surface area (Å²) in [4.78, 5) is 11.2. The fraction of sp³-hybridized carbons (Fsp3) is 0.833. The van der Waals surface area contributed by atoms with Gasteiger partial charge in [-0.1, -0.05) is 0 Å². The Bertz CT molecular complexity index is 331. The average molecular weight is 257 g/mol. The van der Waals surface area contributed by atoms with Crippen LogP contribution in [-0.2, 0) is 20.3 Å². The van der Waals surface area contributed by atoms with E-state index < -0.39 is 10.8 Å². The minimum Gasteiger partial charge on any atom is -0.469 e. The molecule has 0 heterocycles. The predicted octanol–water partition coefficient (Wildman–Crippen LogP) is 1.77. The van der Waals surface area contributed by atoms with Crippen molar-refractivity contribution in [3.05, 3.63) is 0 Å². The molecule has 1 saturated carbocycles. The van der Waals surface area contributed by atoms with Crippen LogP contribution < -0.4 is 0 Å². The first-order valence-electron chi connectivity index (χ1n) is 5.91. The Morgan fingerprint density at radius 2 is 2.18 bits per heavy atom. The van der Waals surface area contributed by atoms with E-state index in [9.17, 15) is 9.00 Å². The van der Waals surface area contributed by atoms with Gasteiger partial charge in [0.2, 0.25) is 0 Å². The lowest BCUT2D eigenvalue weighted by molar-refractivity contribution is -0.141. The summed E-state index contributed by atoms with van der Waals surface area (Å²) in [7, 11) is 0.520. The number of carbonyl (C=O) groups is 1. The Morgan fingerprint density at radius 1 is 1.47 bits per heavy atom. The number of ether oxygens (including phenoxy) is 1. The van der Waals surface area contributed by atoms with Crippen molar-refractivity contribution in [2.45, 2.75) is 38.5 Å². The molecule has 0 saturated heterocycles. The van der Waals surface area contributed by atoms with E-state index in [1.54, 1.807) is 0 Å². The largest absolute Gasteiger partial charge is 0.469 e. The Balaban J connectivity index is 2.22. The average Bonchev–Trinajstić information content (AvgIpc) is 3.04. The molecular formula is C12H19NO3S. The quantitative estimate of drug-likeness (QED) is 0.491. The summed E-state index contributed by atoms with van der Waals surface area (Å²) in [6.45, 7) is 0. The minimum absolute atomic E-state index is 0.0484. The number of nitrogens with zero attached hydrogens (tertiary/aromatic N) is 1. The molecule has 0 amide bonds. The molecule has 0 bridgehead atoms. The maximum Gasteiger partial charge on any atom is 0.306 e. The second-order valence-electron chi connectivity index (χ2n) is 4.66. The van der Waals surface area contributed by atoms with Gasteiger partial charge in [-0.25, -0.2) is 0 Å². The topological polar surface area (TPSA) is 67.2 Å². The van der Waals surface area contributed by atoms with Gasteiger partial charge in [-0.2, -0.15) is 5.26 Å². The molecule has 0 aromatic heterocycles. The van der Waals surface area contributed by atoms with Crippen LogP contribution in [0.4, 0.5) is 0 Å². The summed E-state index contributed by atoms with van der Waals surface area (Å²) in [5.74, 6) is 1.04. The fourth-order valence-electron chi connectivity index (χ4n) is 1.81. The van der Waals surface area contributed by atoms with Gasteiger partial charge in [0.25, 0.3) is 0 Å².